The molecular weight excluding hydrogens is 390 g/mol. The molecule has 1 aromatic rings. The fourth-order valence-electron chi connectivity index (χ4n) is 1.63. The van der Waals surface area contributed by atoms with E-state index in [4.69, 9.17) is 14.2 Å². The van der Waals surface area contributed by atoms with Crippen LogP contribution in [0.4, 0.5) is 0 Å². The molecule has 1 heterocycles. The maximum absolute atomic E-state index is 12.1. The number of hydrogen-bond acceptors (Lipinski definition) is 9. The van der Waals surface area contributed by atoms with Crippen molar-refractivity contribution in [2.45, 2.75) is 33.3 Å². The Bertz CT molecular complexity index is 967. The highest BCUT2D eigenvalue weighted by molar-refractivity contribution is 5.90. The zero-order valence-corrected chi connectivity index (χ0v) is 15.9. The van der Waals surface area contributed by atoms with Gasteiger partial charge in [-0.25, -0.2) is 33.3 Å². The zero-order chi connectivity index (χ0) is 22.5. The molecule has 0 aliphatic heterocycles. The van der Waals surface area contributed by atoms with Crippen molar-refractivity contribution in [1.82, 2.24) is 14.5 Å². The third-order valence-corrected chi connectivity index (χ3v) is 3.07. The molecule has 1 rings (SSSR count). The van der Waals surface area contributed by atoms with E-state index in [0.717, 1.165) is 0 Å². The van der Waals surface area contributed by atoms with Gasteiger partial charge in [-0.3, -0.25) is 9.97 Å². The van der Waals surface area contributed by atoms with Crippen LogP contribution in [-0.4, -0.2) is 38.4 Å². The number of H-pyrrole nitrogens is 2. The average Bonchev–Trinajstić information content (AvgIpc) is 2.57. The van der Waals surface area contributed by atoms with E-state index in [2.05, 4.69) is 19.7 Å². The molecule has 0 fully saturated rings. The number of esters is 3. The first-order chi connectivity index (χ1) is 13.3. The summed E-state index contributed by atoms with van der Waals surface area (Å²) in [6.07, 6.45) is 0. The van der Waals surface area contributed by atoms with Crippen molar-refractivity contribution in [3.05, 3.63) is 67.9 Å². The summed E-state index contributed by atoms with van der Waals surface area (Å²) in [4.78, 5) is 75.0. The minimum atomic E-state index is -2.92. The smallest absolute Gasteiger partial charge is 0.383 e. The van der Waals surface area contributed by atoms with Crippen molar-refractivity contribution in [2.24, 2.45) is 0 Å². The summed E-state index contributed by atoms with van der Waals surface area (Å²) < 4.78 is 15.2. The molecule has 0 spiro atoms. The van der Waals surface area contributed by atoms with Gasteiger partial charge in [-0.15, -0.1) is 0 Å². The normalized spacial score (nSPS) is 10.6. The summed E-state index contributed by atoms with van der Waals surface area (Å²) in [6.45, 7) is 12.7. The van der Waals surface area contributed by atoms with Crippen LogP contribution in [0.1, 0.15) is 20.8 Å². The minimum absolute atomic E-state index is 0.185. The summed E-state index contributed by atoms with van der Waals surface area (Å²) in [5, 5.41) is 0. The van der Waals surface area contributed by atoms with E-state index < -0.39 is 47.5 Å². The molecule has 0 aromatic carbocycles. The van der Waals surface area contributed by atoms with Crippen LogP contribution >= 0.6 is 0 Å². The van der Waals surface area contributed by atoms with Crippen LogP contribution in [0.2, 0.25) is 0 Å². The molecular formula is C17H19N3O9. The van der Waals surface area contributed by atoms with Crippen LogP contribution in [0.5, 0.6) is 0 Å². The van der Waals surface area contributed by atoms with E-state index in [-0.39, 0.29) is 21.3 Å². The lowest BCUT2D eigenvalue weighted by molar-refractivity contribution is -0.331. The maximum atomic E-state index is 12.1. The molecule has 0 amide bonds. The van der Waals surface area contributed by atoms with Gasteiger partial charge in [0.15, 0.2) is 6.54 Å². The summed E-state index contributed by atoms with van der Waals surface area (Å²) in [7, 11) is 0. The third kappa shape index (κ3) is 6.02. The van der Waals surface area contributed by atoms with E-state index in [0.29, 0.717) is 0 Å². The largest absolute Gasteiger partial charge is 0.443 e. The molecule has 12 heteroatoms. The zero-order valence-electron chi connectivity index (χ0n) is 15.9. The second-order valence-electron chi connectivity index (χ2n) is 5.97. The Hall–Kier alpha value is -3.96. The van der Waals surface area contributed by atoms with Crippen molar-refractivity contribution in [3.8, 4) is 0 Å². The number of carbonyl (C=O) groups excluding carboxylic acids is 3. The van der Waals surface area contributed by atoms with Crippen molar-refractivity contribution in [2.75, 3.05) is 0 Å². The summed E-state index contributed by atoms with van der Waals surface area (Å²) >= 11 is 0. The summed E-state index contributed by atoms with van der Waals surface area (Å²) in [5.74, 6) is -6.45. The van der Waals surface area contributed by atoms with Gasteiger partial charge >= 0.3 is 41.0 Å². The lowest BCUT2D eigenvalue weighted by Gasteiger charge is -2.31. The van der Waals surface area contributed by atoms with E-state index in [1.807, 2.05) is 0 Å². The first-order valence-corrected chi connectivity index (χ1v) is 7.88. The van der Waals surface area contributed by atoms with Crippen LogP contribution in [0.15, 0.2) is 50.8 Å². The van der Waals surface area contributed by atoms with E-state index in [9.17, 15) is 28.8 Å². The van der Waals surface area contributed by atoms with Crippen LogP contribution < -0.4 is 17.1 Å². The molecule has 0 aliphatic carbocycles. The number of hydrogen-bond donors (Lipinski definition) is 2. The van der Waals surface area contributed by atoms with E-state index in [1.54, 1.807) is 9.97 Å². The van der Waals surface area contributed by atoms with Crippen LogP contribution in [0, 0.1) is 0 Å². The Balaban J connectivity index is 3.66. The predicted octanol–water partition coefficient (Wildman–Crippen LogP) is -0.763. The highest BCUT2D eigenvalue weighted by atomic mass is 16.9. The number of aromatic nitrogens is 3. The van der Waals surface area contributed by atoms with Gasteiger partial charge in [0, 0.05) is 16.7 Å². The second-order valence-corrected chi connectivity index (χ2v) is 5.97. The minimum Gasteiger partial charge on any atom is -0.383 e. The fraction of sp³-hybridized carbons (Fsp3) is 0.294. The molecule has 156 valence electrons. The van der Waals surface area contributed by atoms with Gasteiger partial charge < -0.3 is 14.2 Å². The van der Waals surface area contributed by atoms with Gasteiger partial charge in [0.05, 0.1) is 0 Å². The van der Waals surface area contributed by atoms with Gasteiger partial charge in [-0.1, -0.05) is 19.7 Å². The quantitative estimate of drug-likeness (QED) is 0.318. The Morgan fingerprint density at radius 3 is 1.38 bits per heavy atom. The number of nitrogens with one attached hydrogen (secondary N) is 2. The Labute approximate surface area is 163 Å². The third-order valence-electron chi connectivity index (χ3n) is 3.07. The average molecular weight is 409 g/mol. The van der Waals surface area contributed by atoms with Gasteiger partial charge in [0.2, 0.25) is 0 Å². The van der Waals surface area contributed by atoms with Gasteiger partial charge in [-0.2, -0.15) is 0 Å². The molecule has 0 unspecified atom stereocenters. The molecule has 0 atom stereocenters. The van der Waals surface area contributed by atoms with Crippen molar-refractivity contribution in [3.63, 3.8) is 0 Å². The van der Waals surface area contributed by atoms with E-state index >= 15 is 0 Å². The molecule has 2 N–H and O–H groups in total. The van der Waals surface area contributed by atoms with Crippen LogP contribution in [0.3, 0.4) is 0 Å². The monoisotopic (exact) mass is 409 g/mol. The molecule has 0 saturated carbocycles. The van der Waals surface area contributed by atoms with Gasteiger partial charge in [-0.05, 0) is 20.8 Å². The first kappa shape index (κ1) is 23.1. The highest BCUT2D eigenvalue weighted by Crippen LogP contribution is 2.22. The number of ether oxygens (including phenoxy) is 3. The summed E-state index contributed by atoms with van der Waals surface area (Å²) in [6, 6.07) is 0. The SMILES string of the molecule is C=C(C)C(=O)OC(Cn1c(=O)[nH]c(=O)[nH]c1=O)(OC(=O)C(=C)C)OC(=O)C(=C)C. The second kappa shape index (κ2) is 8.82. The van der Waals surface area contributed by atoms with Crippen LogP contribution in [-0.2, 0) is 35.1 Å². The number of aromatic amines is 2. The van der Waals surface area contributed by atoms with E-state index in [1.165, 1.54) is 20.8 Å². The standard InChI is InChI=1S/C17H19N3O9/c1-8(2)11(21)27-17(28-12(22)9(3)4,29-13(23)10(5)6)7-20-15(25)18-14(24)19-16(20)26/h1,3,5,7H2,2,4,6H3,(H2,18,19,24,25,26). The van der Waals surface area contributed by atoms with Crippen molar-refractivity contribution in [1.29, 1.82) is 0 Å². The molecule has 1 aromatic heterocycles. The number of nitrogens with zero attached hydrogens (tertiary/aromatic N) is 1. The number of rotatable bonds is 8. The van der Waals surface area contributed by atoms with Gasteiger partial charge in [0.25, 0.3) is 0 Å². The lowest BCUT2D eigenvalue weighted by Crippen LogP contribution is -2.54. The Kier molecular flexibility index (Phi) is 7.02. The Morgan fingerprint density at radius 1 is 0.793 bits per heavy atom. The lowest BCUT2D eigenvalue weighted by atomic mass is 10.3. The fourth-order valence-corrected chi connectivity index (χ4v) is 1.63. The molecule has 0 aliphatic rings. The highest BCUT2D eigenvalue weighted by Gasteiger charge is 2.46. The molecule has 12 nitrogen and oxygen atoms in total. The van der Waals surface area contributed by atoms with Crippen molar-refractivity contribution < 1.29 is 28.6 Å². The molecule has 29 heavy (non-hydrogen) atoms. The topological polar surface area (TPSA) is 167 Å². The van der Waals surface area contributed by atoms with Crippen LogP contribution in [0.25, 0.3) is 0 Å². The molecule has 0 saturated heterocycles. The maximum Gasteiger partial charge on any atom is 0.443 e. The summed E-state index contributed by atoms with van der Waals surface area (Å²) in [5.41, 5.74) is -4.18. The van der Waals surface area contributed by atoms with Gasteiger partial charge in [0.1, 0.15) is 0 Å². The number of carbonyl (C=O) groups is 3. The first-order valence-electron chi connectivity index (χ1n) is 7.88. The molecule has 0 radical (unpaired) electrons. The molecule has 0 bridgehead atoms. The Morgan fingerprint density at radius 2 is 1.10 bits per heavy atom. The van der Waals surface area contributed by atoms with Crippen molar-refractivity contribution >= 4 is 17.9 Å². The predicted molar refractivity (Wildman–Crippen MR) is 97.4 cm³/mol.